The first-order chi connectivity index (χ1) is 7.13. The van der Waals surface area contributed by atoms with Crippen LogP contribution >= 0.6 is 0 Å². The fraction of sp³-hybridized carbons (Fsp3) is 0.727. The molecule has 1 N–H and O–H groups in total. The van der Waals surface area contributed by atoms with E-state index in [9.17, 15) is 9.59 Å². The molecule has 4 heteroatoms. The molecule has 0 bridgehead atoms. The molecule has 0 aromatic heterocycles. The summed E-state index contributed by atoms with van der Waals surface area (Å²) < 4.78 is 0. The fourth-order valence-corrected chi connectivity index (χ4v) is 1.99. The second-order valence-corrected chi connectivity index (χ2v) is 4.06. The van der Waals surface area contributed by atoms with Crippen molar-refractivity contribution in [3.63, 3.8) is 0 Å². The molecule has 0 radical (unpaired) electrons. The van der Waals surface area contributed by atoms with Crippen molar-refractivity contribution in [2.24, 2.45) is 5.92 Å². The molecule has 0 atom stereocenters. The Bertz CT molecular complexity index is 285. The van der Waals surface area contributed by atoms with Gasteiger partial charge in [-0.3, -0.25) is 9.59 Å². The molecule has 1 saturated carbocycles. The van der Waals surface area contributed by atoms with E-state index in [0.29, 0.717) is 0 Å². The predicted molar refractivity (Wildman–Crippen MR) is 54.8 cm³/mol. The lowest BCUT2D eigenvalue weighted by atomic mass is 9.84. The number of carbonyl (C=O) groups is 2. The Labute approximate surface area is 89.6 Å². The van der Waals surface area contributed by atoms with Gasteiger partial charge in [0, 0.05) is 12.0 Å². The zero-order chi connectivity index (χ0) is 11.3. The van der Waals surface area contributed by atoms with Gasteiger partial charge < -0.3 is 5.32 Å². The van der Waals surface area contributed by atoms with Crippen LogP contribution in [0, 0.1) is 17.2 Å². The van der Waals surface area contributed by atoms with Crippen molar-refractivity contribution in [3.05, 3.63) is 0 Å². The summed E-state index contributed by atoms with van der Waals surface area (Å²) in [6.45, 7) is 1.62. The highest BCUT2D eigenvalue weighted by molar-refractivity contribution is 5.79. The van der Waals surface area contributed by atoms with Gasteiger partial charge in [0.2, 0.25) is 5.91 Å². The van der Waals surface area contributed by atoms with Crippen molar-refractivity contribution in [1.82, 2.24) is 5.32 Å². The van der Waals surface area contributed by atoms with Crippen molar-refractivity contribution < 1.29 is 9.59 Å². The number of hydrogen-bond donors (Lipinski definition) is 1. The molecule has 1 aliphatic carbocycles. The number of carbonyl (C=O) groups excluding carboxylic acids is 2. The molecule has 0 aliphatic heterocycles. The molecule has 15 heavy (non-hydrogen) atoms. The third-order valence-electron chi connectivity index (χ3n) is 2.91. The van der Waals surface area contributed by atoms with Gasteiger partial charge in [0.15, 0.2) is 0 Å². The van der Waals surface area contributed by atoms with Crippen LogP contribution in [0.15, 0.2) is 0 Å². The molecule has 0 aromatic carbocycles. The normalized spacial score (nSPS) is 25.3. The number of amides is 1. The second kappa shape index (κ2) is 5.50. The number of nitrogens with one attached hydrogen (secondary N) is 1. The number of ketones is 1. The van der Waals surface area contributed by atoms with Gasteiger partial charge in [0.25, 0.3) is 0 Å². The highest BCUT2D eigenvalue weighted by Crippen LogP contribution is 2.24. The summed E-state index contributed by atoms with van der Waals surface area (Å²) in [5.41, 5.74) is 0. The molecule has 1 rings (SSSR count). The second-order valence-electron chi connectivity index (χ2n) is 4.06. The Hall–Kier alpha value is -1.37. The van der Waals surface area contributed by atoms with E-state index >= 15 is 0 Å². The summed E-state index contributed by atoms with van der Waals surface area (Å²) in [5.74, 6) is 0.217. The number of nitriles is 1. The van der Waals surface area contributed by atoms with Crippen molar-refractivity contribution in [1.29, 1.82) is 5.26 Å². The molecule has 0 aromatic rings. The molecule has 82 valence electrons. The van der Waals surface area contributed by atoms with Crippen LogP contribution in [-0.2, 0) is 9.59 Å². The molecule has 1 fully saturated rings. The van der Waals surface area contributed by atoms with Gasteiger partial charge >= 0.3 is 0 Å². The smallest absolute Gasteiger partial charge is 0.234 e. The summed E-state index contributed by atoms with van der Waals surface area (Å²) in [5, 5.41) is 11.1. The number of Topliss-reactive ketones (excluding diaryl/α,β-unsaturated/α-hetero) is 1. The lowest BCUT2D eigenvalue weighted by Gasteiger charge is -2.27. The van der Waals surface area contributed by atoms with Crippen LogP contribution in [-0.4, -0.2) is 17.7 Å². The van der Waals surface area contributed by atoms with Gasteiger partial charge in [0.05, 0.1) is 6.07 Å². The van der Waals surface area contributed by atoms with E-state index in [1.54, 1.807) is 6.92 Å². The Balaban J connectivity index is 2.29. The SMILES string of the molecule is CC(=O)C1CCC(NC(=O)CC#N)CC1. The van der Waals surface area contributed by atoms with Crippen molar-refractivity contribution in [3.8, 4) is 6.07 Å². The molecule has 0 spiro atoms. The Morgan fingerprint density at radius 1 is 1.33 bits per heavy atom. The van der Waals surface area contributed by atoms with Crippen LogP contribution in [0.4, 0.5) is 0 Å². The van der Waals surface area contributed by atoms with Crippen LogP contribution < -0.4 is 5.32 Å². The summed E-state index contributed by atoms with van der Waals surface area (Å²) in [7, 11) is 0. The molecule has 4 nitrogen and oxygen atoms in total. The predicted octanol–water partition coefficient (Wildman–Crippen LogP) is 1.16. The van der Waals surface area contributed by atoms with E-state index in [1.165, 1.54) is 0 Å². The van der Waals surface area contributed by atoms with Crippen LogP contribution in [0.3, 0.4) is 0 Å². The average molecular weight is 208 g/mol. The molecule has 1 aliphatic rings. The quantitative estimate of drug-likeness (QED) is 0.756. The lowest BCUT2D eigenvalue weighted by Crippen LogP contribution is -2.38. The monoisotopic (exact) mass is 208 g/mol. The van der Waals surface area contributed by atoms with E-state index in [0.717, 1.165) is 25.7 Å². The van der Waals surface area contributed by atoms with E-state index in [1.807, 2.05) is 6.07 Å². The molecule has 0 unspecified atom stereocenters. The Morgan fingerprint density at radius 2 is 1.93 bits per heavy atom. The largest absolute Gasteiger partial charge is 0.352 e. The van der Waals surface area contributed by atoms with E-state index in [2.05, 4.69) is 5.32 Å². The Morgan fingerprint density at radius 3 is 2.40 bits per heavy atom. The average Bonchev–Trinajstić information content (AvgIpc) is 2.18. The van der Waals surface area contributed by atoms with E-state index < -0.39 is 0 Å². The number of hydrogen-bond acceptors (Lipinski definition) is 3. The van der Waals surface area contributed by atoms with Crippen LogP contribution in [0.2, 0.25) is 0 Å². The third kappa shape index (κ3) is 3.70. The molecule has 0 saturated heterocycles. The van der Waals surface area contributed by atoms with Gasteiger partial charge in [-0.05, 0) is 32.6 Å². The van der Waals surface area contributed by atoms with Gasteiger partial charge in [-0.25, -0.2) is 0 Å². The van der Waals surface area contributed by atoms with Crippen LogP contribution in [0.25, 0.3) is 0 Å². The van der Waals surface area contributed by atoms with Crippen molar-refractivity contribution in [2.45, 2.75) is 45.1 Å². The third-order valence-corrected chi connectivity index (χ3v) is 2.91. The molecule has 1 amide bonds. The maximum atomic E-state index is 11.1. The zero-order valence-electron chi connectivity index (χ0n) is 8.95. The van der Waals surface area contributed by atoms with Gasteiger partial charge in [0.1, 0.15) is 12.2 Å². The van der Waals surface area contributed by atoms with Crippen molar-refractivity contribution >= 4 is 11.7 Å². The van der Waals surface area contributed by atoms with Gasteiger partial charge in [-0.15, -0.1) is 0 Å². The summed E-state index contributed by atoms with van der Waals surface area (Å²) in [4.78, 5) is 22.2. The van der Waals surface area contributed by atoms with Crippen LogP contribution in [0.5, 0.6) is 0 Å². The number of nitrogens with zero attached hydrogens (tertiary/aromatic N) is 1. The minimum atomic E-state index is -0.205. The van der Waals surface area contributed by atoms with Crippen LogP contribution in [0.1, 0.15) is 39.0 Å². The summed E-state index contributed by atoms with van der Waals surface area (Å²) >= 11 is 0. The molecule has 0 heterocycles. The molecular weight excluding hydrogens is 192 g/mol. The maximum absolute atomic E-state index is 11.1. The first kappa shape index (κ1) is 11.7. The van der Waals surface area contributed by atoms with E-state index in [-0.39, 0.29) is 30.1 Å². The summed E-state index contributed by atoms with van der Waals surface area (Å²) in [6.07, 6.45) is 3.33. The van der Waals surface area contributed by atoms with Gasteiger partial charge in [-0.1, -0.05) is 0 Å². The first-order valence-corrected chi connectivity index (χ1v) is 5.30. The van der Waals surface area contributed by atoms with Crippen molar-refractivity contribution in [2.75, 3.05) is 0 Å². The highest BCUT2D eigenvalue weighted by Gasteiger charge is 2.24. The highest BCUT2D eigenvalue weighted by atomic mass is 16.1. The lowest BCUT2D eigenvalue weighted by molar-refractivity contribution is -0.122. The minimum absolute atomic E-state index is 0.0767. The standard InChI is InChI=1S/C11H16N2O2/c1-8(14)9-2-4-10(5-3-9)13-11(15)6-7-12/h9-10H,2-6H2,1H3,(H,13,15). The molecular formula is C11H16N2O2. The van der Waals surface area contributed by atoms with Gasteiger partial charge in [-0.2, -0.15) is 5.26 Å². The minimum Gasteiger partial charge on any atom is -0.352 e. The topological polar surface area (TPSA) is 70.0 Å². The zero-order valence-corrected chi connectivity index (χ0v) is 8.95. The number of rotatable bonds is 3. The maximum Gasteiger partial charge on any atom is 0.234 e. The van der Waals surface area contributed by atoms with E-state index in [4.69, 9.17) is 5.26 Å². The fourth-order valence-electron chi connectivity index (χ4n) is 1.99. The summed E-state index contributed by atoms with van der Waals surface area (Å²) in [6, 6.07) is 1.97. The first-order valence-electron chi connectivity index (χ1n) is 5.30. The Kier molecular flexibility index (Phi) is 4.29.